The van der Waals surface area contributed by atoms with E-state index >= 15 is 0 Å². The van der Waals surface area contributed by atoms with Gasteiger partial charge in [0.05, 0.1) is 29.8 Å². The summed E-state index contributed by atoms with van der Waals surface area (Å²) in [6.45, 7) is 0.149. The number of halogens is 1. The van der Waals surface area contributed by atoms with Crippen LogP contribution in [0.2, 0.25) is 5.15 Å². The largest absolute Gasteiger partial charge is 0.480 e. The number of imidazole rings is 1. The molecule has 1 atom stereocenters. The van der Waals surface area contributed by atoms with Crippen molar-refractivity contribution >= 4 is 23.5 Å². The Balaban J connectivity index is 1.98. The third-order valence-corrected chi connectivity index (χ3v) is 3.74. The molecule has 1 amide bonds. The lowest BCUT2D eigenvalue weighted by atomic mass is 10.0. The Bertz CT molecular complexity index is 715. The maximum Gasteiger partial charge on any atom is 0.326 e. The second kappa shape index (κ2) is 5.17. The predicted molar refractivity (Wildman–Crippen MR) is 72.8 cm³/mol. The van der Waals surface area contributed by atoms with Crippen molar-refractivity contribution in [2.75, 3.05) is 0 Å². The molecule has 3 heterocycles. The zero-order chi connectivity index (χ0) is 15.0. The van der Waals surface area contributed by atoms with Gasteiger partial charge >= 0.3 is 5.97 Å². The van der Waals surface area contributed by atoms with Gasteiger partial charge < -0.3 is 15.0 Å². The van der Waals surface area contributed by atoms with Crippen LogP contribution in [0.1, 0.15) is 21.7 Å². The van der Waals surface area contributed by atoms with Gasteiger partial charge in [-0.3, -0.25) is 4.79 Å². The number of H-pyrrole nitrogens is 1. The summed E-state index contributed by atoms with van der Waals surface area (Å²) >= 11 is 5.92. The van der Waals surface area contributed by atoms with Gasteiger partial charge in [0.25, 0.3) is 5.91 Å². The number of aliphatic carboxylic acids is 1. The van der Waals surface area contributed by atoms with Crippen molar-refractivity contribution in [3.63, 3.8) is 0 Å². The van der Waals surface area contributed by atoms with Crippen LogP contribution in [-0.4, -0.2) is 42.9 Å². The number of nitrogens with one attached hydrogen (secondary N) is 1. The number of carbonyl (C=O) groups is 2. The Hall–Kier alpha value is -2.41. The molecule has 2 aromatic rings. The van der Waals surface area contributed by atoms with Crippen LogP contribution < -0.4 is 0 Å². The molecule has 0 spiro atoms. The van der Waals surface area contributed by atoms with Crippen molar-refractivity contribution in [3.8, 4) is 0 Å². The molecule has 0 saturated carbocycles. The molecule has 2 N–H and O–H groups in total. The summed E-state index contributed by atoms with van der Waals surface area (Å²) in [7, 11) is 0. The molecule has 3 rings (SSSR count). The molecule has 0 bridgehead atoms. The number of carboxylic acids is 1. The fraction of sp³-hybridized carbons (Fsp3) is 0.231. The SMILES string of the molecule is O=C(O)C1Cc2nc[nH]c2CN1C(=O)c1cccnc1Cl. The molecular formula is C13H11ClN4O3. The van der Waals surface area contributed by atoms with E-state index < -0.39 is 17.9 Å². The Labute approximate surface area is 124 Å². The van der Waals surface area contributed by atoms with E-state index in [1.807, 2.05) is 0 Å². The average Bonchev–Trinajstić information content (AvgIpc) is 2.93. The maximum absolute atomic E-state index is 12.6. The number of aromatic amines is 1. The van der Waals surface area contributed by atoms with E-state index in [9.17, 15) is 14.7 Å². The fourth-order valence-electron chi connectivity index (χ4n) is 2.37. The van der Waals surface area contributed by atoms with Crippen LogP contribution in [0.4, 0.5) is 0 Å². The molecule has 0 fully saturated rings. The number of amides is 1. The summed E-state index contributed by atoms with van der Waals surface area (Å²) < 4.78 is 0. The number of pyridine rings is 1. The van der Waals surface area contributed by atoms with Gasteiger partial charge in [0.2, 0.25) is 0 Å². The molecule has 0 aromatic carbocycles. The topological polar surface area (TPSA) is 99.2 Å². The summed E-state index contributed by atoms with van der Waals surface area (Å²) in [5.41, 5.74) is 1.60. The molecule has 2 aromatic heterocycles. The third-order valence-electron chi connectivity index (χ3n) is 3.43. The van der Waals surface area contributed by atoms with E-state index in [1.165, 1.54) is 23.5 Å². The molecule has 7 nitrogen and oxygen atoms in total. The van der Waals surface area contributed by atoms with Crippen LogP contribution in [0.5, 0.6) is 0 Å². The van der Waals surface area contributed by atoms with Crippen LogP contribution >= 0.6 is 11.6 Å². The Morgan fingerprint density at radius 3 is 2.95 bits per heavy atom. The van der Waals surface area contributed by atoms with Gasteiger partial charge in [0.1, 0.15) is 11.2 Å². The minimum Gasteiger partial charge on any atom is -0.480 e. The summed E-state index contributed by atoms with van der Waals surface area (Å²) in [6.07, 6.45) is 3.13. The molecular weight excluding hydrogens is 296 g/mol. The van der Waals surface area contributed by atoms with Crippen molar-refractivity contribution < 1.29 is 14.7 Å². The van der Waals surface area contributed by atoms with Crippen molar-refractivity contribution in [2.45, 2.75) is 19.0 Å². The van der Waals surface area contributed by atoms with Crippen molar-refractivity contribution in [2.24, 2.45) is 0 Å². The number of hydrogen-bond acceptors (Lipinski definition) is 4. The first-order chi connectivity index (χ1) is 10.1. The van der Waals surface area contributed by atoms with Gasteiger partial charge in [-0.15, -0.1) is 0 Å². The molecule has 0 aliphatic carbocycles. The second-order valence-electron chi connectivity index (χ2n) is 4.66. The summed E-state index contributed by atoms with van der Waals surface area (Å²) in [6, 6.07) is 2.14. The molecule has 0 radical (unpaired) electrons. The lowest BCUT2D eigenvalue weighted by molar-refractivity contribution is -0.142. The number of rotatable bonds is 2. The van der Waals surface area contributed by atoms with E-state index in [-0.39, 0.29) is 23.7 Å². The standard InChI is InChI=1S/C13H11ClN4O3/c14-11-7(2-1-3-15-11)12(19)18-5-9-8(16-6-17-9)4-10(18)13(20)21/h1-3,6,10H,4-5H2,(H,16,17)(H,20,21). The predicted octanol–water partition coefficient (Wildman–Crippen LogP) is 1.11. The quantitative estimate of drug-likeness (QED) is 0.810. The van der Waals surface area contributed by atoms with Gasteiger partial charge in [-0.2, -0.15) is 0 Å². The minimum absolute atomic E-state index is 0.0575. The average molecular weight is 307 g/mol. The molecule has 108 valence electrons. The number of carboxylic acid groups (broad SMARTS) is 1. The van der Waals surface area contributed by atoms with E-state index in [0.29, 0.717) is 5.69 Å². The zero-order valence-corrected chi connectivity index (χ0v) is 11.5. The van der Waals surface area contributed by atoms with Gasteiger partial charge in [0, 0.05) is 12.6 Å². The minimum atomic E-state index is -1.07. The van der Waals surface area contributed by atoms with Crippen molar-refractivity contribution in [1.29, 1.82) is 0 Å². The van der Waals surface area contributed by atoms with Crippen molar-refractivity contribution in [3.05, 3.63) is 46.8 Å². The van der Waals surface area contributed by atoms with Gasteiger partial charge in [0.15, 0.2) is 0 Å². The number of hydrogen-bond donors (Lipinski definition) is 2. The summed E-state index contributed by atoms with van der Waals surface area (Å²) in [4.78, 5) is 36.1. The highest BCUT2D eigenvalue weighted by atomic mass is 35.5. The number of fused-ring (bicyclic) bond motifs is 1. The van der Waals surface area contributed by atoms with Crippen LogP contribution in [0.3, 0.4) is 0 Å². The maximum atomic E-state index is 12.6. The van der Waals surface area contributed by atoms with E-state index in [1.54, 1.807) is 6.07 Å². The Morgan fingerprint density at radius 1 is 1.43 bits per heavy atom. The lowest BCUT2D eigenvalue weighted by Crippen LogP contribution is -2.48. The monoisotopic (exact) mass is 306 g/mol. The summed E-state index contributed by atoms with van der Waals surface area (Å²) in [5.74, 6) is -1.53. The lowest BCUT2D eigenvalue weighted by Gasteiger charge is -2.32. The molecule has 0 saturated heterocycles. The summed E-state index contributed by atoms with van der Waals surface area (Å²) in [5, 5.41) is 9.41. The Morgan fingerprint density at radius 2 is 2.24 bits per heavy atom. The van der Waals surface area contributed by atoms with Crippen LogP contribution in [0.25, 0.3) is 0 Å². The highest BCUT2D eigenvalue weighted by molar-refractivity contribution is 6.32. The van der Waals surface area contributed by atoms with E-state index in [0.717, 1.165) is 5.69 Å². The normalized spacial score (nSPS) is 17.4. The molecule has 8 heteroatoms. The first kappa shape index (κ1) is 13.6. The number of carbonyl (C=O) groups excluding carboxylic acids is 1. The van der Waals surface area contributed by atoms with Crippen molar-refractivity contribution in [1.82, 2.24) is 19.9 Å². The second-order valence-corrected chi connectivity index (χ2v) is 5.02. The first-order valence-corrected chi connectivity index (χ1v) is 6.61. The molecule has 1 unspecified atom stereocenters. The first-order valence-electron chi connectivity index (χ1n) is 6.23. The van der Waals surface area contributed by atoms with E-state index in [4.69, 9.17) is 11.6 Å². The van der Waals surface area contributed by atoms with Gasteiger partial charge in [-0.1, -0.05) is 11.6 Å². The molecule has 1 aliphatic rings. The zero-order valence-electron chi connectivity index (χ0n) is 10.8. The van der Waals surface area contributed by atoms with Gasteiger partial charge in [-0.05, 0) is 12.1 Å². The van der Waals surface area contributed by atoms with Crippen LogP contribution in [0, 0.1) is 0 Å². The van der Waals surface area contributed by atoms with Gasteiger partial charge in [-0.25, -0.2) is 14.8 Å². The third kappa shape index (κ3) is 2.36. The smallest absolute Gasteiger partial charge is 0.326 e. The molecule has 1 aliphatic heterocycles. The Kier molecular flexibility index (Phi) is 3.34. The highest BCUT2D eigenvalue weighted by Gasteiger charge is 2.36. The van der Waals surface area contributed by atoms with E-state index in [2.05, 4.69) is 15.0 Å². The fourth-order valence-corrected chi connectivity index (χ4v) is 2.57. The van der Waals surface area contributed by atoms with Crippen LogP contribution in [0.15, 0.2) is 24.7 Å². The highest BCUT2D eigenvalue weighted by Crippen LogP contribution is 2.24. The number of aromatic nitrogens is 3. The molecule has 21 heavy (non-hydrogen) atoms. The number of nitrogens with zero attached hydrogens (tertiary/aromatic N) is 3. The van der Waals surface area contributed by atoms with Crippen LogP contribution in [-0.2, 0) is 17.8 Å².